The van der Waals surface area contributed by atoms with E-state index in [9.17, 15) is 4.79 Å². The Balaban J connectivity index is 1.45. The highest BCUT2D eigenvalue weighted by Gasteiger charge is 2.36. The summed E-state index contributed by atoms with van der Waals surface area (Å²) in [7, 11) is 7.28. The molecule has 0 bridgehead atoms. The Bertz CT molecular complexity index is 1500. The minimum Gasteiger partial charge on any atom is -0.493 e. The number of hydrogen-bond donors (Lipinski definition) is 1. The summed E-state index contributed by atoms with van der Waals surface area (Å²) in [6.07, 6.45) is 6.77. The number of nitrogens with one attached hydrogen (secondary N) is 1. The van der Waals surface area contributed by atoms with Gasteiger partial charge in [0.2, 0.25) is 0 Å². The minimum atomic E-state index is -0.254. The number of amides is 2. The first kappa shape index (κ1) is 25.4. The molecule has 2 aliphatic rings. The second-order valence-corrected chi connectivity index (χ2v) is 11.4. The zero-order valence-electron chi connectivity index (χ0n) is 22.9. The molecule has 7 nitrogen and oxygen atoms in total. The summed E-state index contributed by atoms with van der Waals surface area (Å²) in [6, 6.07) is 17.8. The molecule has 6 rings (SSSR count). The molecule has 2 aromatic heterocycles. The van der Waals surface area contributed by atoms with E-state index < -0.39 is 0 Å². The van der Waals surface area contributed by atoms with Gasteiger partial charge >= 0.3 is 6.03 Å². The van der Waals surface area contributed by atoms with Gasteiger partial charge in [-0.2, -0.15) is 0 Å². The number of hydrogen-bond acceptors (Lipinski definition) is 5. The van der Waals surface area contributed by atoms with Crippen LogP contribution in [0.4, 0.5) is 16.2 Å². The molecular weight excluding hydrogens is 508 g/mol. The number of carbonyl (C=O) groups excluding carboxylic acids is 1. The zero-order valence-corrected chi connectivity index (χ0v) is 23.7. The van der Waals surface area contributed by atoms with E-state index in [4.69, 9.17) is 9.47 Å². The summed E-state index contributed by atoms with van der Waals surface area (Å²) in [4.78, 5) is 19.7. The first-order chi connectivity index (χ1) is 19.0. The smallest absolute Gasteiger partial charge is 0.322 e. The second kappa shape index (κ2) is 10.3. The molecule has 2 amide bonds. The summed E-state index contributed by atoms with van der Waals surface area (Å²) >= 11 is 1.90. The zero-order chi connectivity index (χ0) is 27.1. The number of methoxy groups -OCH3 is 2. The average molecular weight is 543 g/mol. The average Bonchev–Trinajstić information content (AvgIpc) is 3.54. The van der Waals surface area contributed by atoms with E-state index in [1.54, 1.807) is 20.3 Å². The molecule has 0 saturated heterocycles. The number of benzene rings is 2. The molecule has 0 unspecified atom stereocenters. The van der Waals surface area contributed by atoms with Crippen LogP contribution in [-0.2, 0) is 19.4 Å². The summed E-state index contributed by atoms with van der Waals surface area (Å²) in [5.74, 6) is 1.20. The number of nitrogens with zero attached hydrogens (tertiary/aromatic N) is 3. The van der Waals surface area contributed by atoms with Crippen LogP contribution in [0.5, 0.6) is 11.5 Å². The van der Waals surface area contributed by atoms with Gasteiger partial charge in [0.05, 0.1) is 32.5 Å². The van der Waals surface area contributed by atoms with Crippen LogP contribution in [-0.4, -0.2) is 43.8 Å². The lowest BCUT2D eigenvalue weighted by molar-refractivity contribution is 0.194. The third kappa shape index (κ3) is 4.52. The lowest BCUT2D eigenvalue weighted by atomic mass is 9.95. The highest BCUT2D eigenvalue weighted by atomic mass is 32.1. The van der Waals surface area contributed by atoms with Gasteiger partial charge in [-0.25, -0.2) is 4.79 Å². The maximum atomic E-state index is 14.2. The van der Waals surface area contributed by atoms with Gasteiger partial charge in [-0.3, -0.25) is 0 Å². The molecule has 0 radical (unpaired) electrons. The Labute approximate surface area is 233 Å². The molecule has 4 aromatic rings. The van der Waals surface area contributed by atoms with Crippen molar-refractivity contribution in [2.75, 3.05) is 38.5 Å². The first-order valence-corrected chi connectivity index (χ1v) is 14.2. The van der Waals surface area contributed by atoms with Gasteiger partial charge in [0.1, 0.15) is 5.00 Å². The second-order valence-electron chi connectivity index (χ2n) is 10.3. The topological polar surface area (TPSA) is 59.0 Å². The Kier molecular flexibility index (Phi) is 6.73. The van der Waals surface area contributed by atoms with Crippen molar-refractivity contribution in [3.05, 3.63) is 88.1 Å². The summed E-state index contributed by atoms with van der Waals surface area (Å²) in [6.45, 7) is 0.544. The first-order valence-electron chi connectivity index (χ1n) is 13.4. The van der Waals surface area contributed by atoms with E-state index in [1.165, 1.54) is 33.8 Å². The quantitative estimate of drug-likeness (QED) is 0.307. The molecule has 1 aliphatic heterocycles. The highest BCUT2D eigenvalue weighted by molar-refractivity contribution is 7.15. The van der Waals surface area contributed by atoms with Crippen LogP contribution >= 0.6 is 11.3 Å². The van der Waals surface area contributed by atoms with Crippen molar-refractivity contribution in [1.29, 1.82) is 0 Å². The van der Waals surface area contributed by atoms with Crippen LogP contribution in [0, 0.1) is 0 Å². The van der Waals surface area contributed by atoms with E-state index in [0.717, 1.165) is 29.8 Å². The Morgan fingerprint density at radius 1 is 0.974 bits per heavy atom. The van der Waals surface area contributed by atoms with Crippen molar-refractivity contribution >= 4 is 28.7 Å². The van der Waals surface area contributed by atoms with Crippen LogP contribution in [0.3, 0.4) is 0 Å². The van der Waals surface area contributed by atoms with Gasteiger partial charge in [0.15, 0.2) is 11.5 Å². The van der Waals surface area contributed by atoms with Crippen molar-refractivity contribution in [3.63, 3.8) is 0 Å². The predicted molar refractivity (Wildman–Crippen MR) is 157 cm³/mol. The lowest BCUT2D eigenvalue weighted by Gasteiger charge is -2.32. The third-order valence-corrected chi connectivity index (χ3v) is 9.13. The van der Waals surface area contributed by atoms with Gasteiger partial charge in [0.25, 0.3) is 0 Å². The van der Waals surface area contributed by atoms with E-state index in [2.05, 4.69) is 57.4 Å². The molecule has 2 aromatic carbocycles. The molecule has 39 heavy (non-hydrogen) atoms. The molecule has 1 aliphatic carbocycles. The van der Waals surface area contributed by atoms with E-state index >= 15 is 0 Å². The standard InChI is InChI=1S/C31H34N4O3S/c1-33(2)22-14-11-20(12-15-22)29-25-9-7-17-34(25)30-24(23-8-5-6-10-28(23)39-30)19-35(29)31(36)32-21-13-16-26(37-3)27(18-21)38-4/h7,9,11-18,29H,5-6,8,10,19H2,1-4H3,(H,32,36)/t29-/m1/s1. The number of urea groups is 1. The van der Waals surface area contributed by atoms with Gasteiger partial charge in [-0.05, 0) is 73.2 Å². The van der Waals surface area contributed by atoms with Crippen molar-refractivity contribution in [3.8, 4) is 16.5 Å². The molecule has 8 heteroatoms. The maximum absolute atomic E-state index is 14.2. The molecule has 0 fully saturated rings. The van der Waals surface area contributed by atoms with Crippen LogP contribution < -0.4 is 19.7 Å². The van der Waals surface area contributed by atoms with E-state index in [0.29, 0.717) is 23.7 Å². The van der Waals surface area contributed by atoms with Crippen LogP contribution in [0.15, 0.2) is 60.8 Å². The number of thiophene rings is 1. The van der Waals surface area contributed by atoms with E-state index in [-0.39, 0.29) is 12.1 Å². The fraction of sp³-hybridized carbons (Fsp3) is 0.323. The normalized spacial score (nSPS) is 16.0. The van der Waals surface area contributed by atoms with Gasteiger partial charge < -0.3 is 29.2 Å². The Hall–Kier alpha value is -3.91. The molecule has 202 valence electrons. The lowest BCUT2D eigenvalue weighted by Crippen LogP contribution is -2.38. The van der Waals surface area contributed by atoms with Crippen molar-refractivity contribution in [2.45, 2.75) is 38.3 Å². The van der Waals surface area contributed by atoms with Crippen molar-refractivity contribution < 1.29 is 14.3 Å². The molecule has 0 spiro atoms. The van der Waals surface area contributed by atoms with Crippen LogP contribution in [0.2, 0.25) is 0 Å². The number of anilines is 2. The molecule has 1 N–H and O–H groups in total. The van der Waals surface area contributed by atoms with Gasteiger partial charge in [0, 0.05) is 48.2 Å². The number of aryl methyl sites for hydroxylation is 1. The number of carbonyl (C=O) groups is 1. The summed E-state index contributed by atoms with van der Waals surface area (Å²) < 4.78 is 13.2. The van der Waals surface area contributed by atoms with Crippen LogP contribution in [0.1, 0.15) is 46.1 Å². The number of ether oxygens (including phenoxy) is 2. The van der Waals surface area contributed by atoms with Gasteiger partial charge in [-0.1, -0.05) is 12.1 Å². The number of fused-ring (bicyclic) bond motifs is 5. The Morgan fingerprint density at radius 3 is 2.49 bits per heavy atom. The van der Waals surface area contributed by atoms with Crippen LogP contribution in [0.25, 0.3) is 5.00 Å². The Morgan fingerprint density at radius 2 is 1.74 bits per heavy atom. The predicted octanol–water partition coefficient (Wildman–Crippen LogP) is 6.64. The molecule has 1 atom stereocenters. The fourth-order valence-electron chi connectivity index (χ4n) is 5.80. The SMILES string of the molecule is COc1ccc(NC(=O)N2Cc3c(sc4c3CCCC4)-n3cccc3[C@H]2c2ccc(N(C)C)cc2)cc1OC. The maximum Gasteiger partial charge on any atom is 0.322 e. The monoisotopic (exact) mass is 542 g/mol. The fourth-order valence-corrected chi connectivity index (χ4v) is 7.21. The summed E-state index contributed by atoms with van der Waals surface area (Å²) in [5, 5.41) is 4.41. The third-order valence-electron chi connectivity index (χ3n) is 7.80. The largest absolute Gasteiger partial charge is 0.493 e. The van der Waals surface area contributed by atoms with Gasteiger partial charge in [-0.15, -0.1) is 11.3 Å². The van der Waals surface area contributed by atoms with Crippen molar-refractivity contribution in [1.82, 2.24) is 9.47 Å². The minimum absolute atomic E-state index is 0.153. The molecular formula is C31H34N4O3S. The van der Waals surface area contributed by atoms with Crippen molar-refractivity contribution in [2.24, 2.45) is 0 Å². The summed E-state index contributed by atoms with van der Waals surface area (Å²) in [5.41, 5.74) is 6.67. The highest BCUT2D eigenvalue weighted by Crippen LogP contribution is 2.44. The number of aromatic nitrogens is 1. The molecule has 0 saturated carbocycles. The molecule has 3 heterocycles. The number of rotatable bonds is 5. The van der Waals surface area contributed by atoms with E-state index in [1.807, 2.05) is 42.5 Å².